The van der Waals surface area contributed by atoms with Crippen LogP contribution in [0.1, 0.15) is 24.3 Å². The lowest BCUT2D eigenvalue weighted by molar-refractivity contribution is -0.118. The first-order chi connectivity index (χ1) is 5.75. The minimum atomic E-state index is -0.476. The quantitative estimate of drug-likeness (QED) is 0.657. The van der Waals surface area contributed by atoms with Crippen molar-refractivity contribution in [3.05, 3.63) is 35.9 Å². The second-order valence-electron chi connectivity index (χ2n) is 2.59. The first-order valence-corrected chi connectivity index (χ1v) is 4.41. The number of alkyl halides is 1. The fraction of sp³-hybridized carbons (Fsp3) is 0.300. The topological polar surface area (TPSA) is 17.1 Å². The Hall–Kier alpha value is -0.820. The van der Waals surface area contributed by atoms with Crippen molar-refractivity contribution in [1.82, 2.24) is 0 Å². The number of Topliss-reactive ketones (excluding diaryl/α,β-unsaturated/α-hetero) is 1. The summed E-state index contributed by atoms with van der Waals surface area (Å²) in [7, 11) is 0. The summed E-state index contributed by atoms with van der Waals surface area (Å²) < 4.78 is 0. The highest BCUT2D eigenvalue weighted by atomic mass is 35.5. The fourth-order valence-electron chi connectivity index (χ4n) is 0.987. The first kappa shape index (κ1) is 9.27. The summed E-state index contributed by atoms with van der Waals surface area (Å²) in [6.45, 7) is 1.82. The molecule has 1 atom stereocenters. The molecule has 0 saturated carbocycles. The summed E-state index contributed by atoms with van der Waals surface area (Å²) in [5.74, 6) is 0.0721. The standard InChI is InChI=1S/C10H11ClO/c1-2-9(12)10(11)8-6-4-3-5-7-8/h3-7,10H,2H2,1H3. The van der Waals surface area contributed by atoms with E-state index in [1.807, 2.05) is 37.3 Å². The number of hydrogen-bond acceptors (Lipinski definition) is 1. The van der Waals surface area contributed by atoms with Gasteiger partial charge in [-0.2, -0.15) is 0 Å². The zero-order valence-electron chi connectivity index (χ0n) is 6.96. The van der Waals surface area contributed by atoms with Gasteiger partial charge < -0.3 is 0 Å². The molecule has 0 aliphatic heterocycles. The van der Waals surface area contributed by atoms with Crippen molar-refractivity contribution in [3.63, 3.8) is 0 Å². The summed E-state index contributed by atoms with van der Waals surface area (Å²) in [4.78, 5) is 11.2. The average molecular weight is 183 g/mol. The van der Waals surface area contributed by atoms with Crippen LogP contribution in [-0.2, 0) is 4.79 Å². The van der Waals surface area contributed by atoms with Crippen molar-refractivity contribution in [2.24, 2.45) is 0 Å². The van der Waals surface area contributed by atoms with Gasteiger partial charge in [0.1, 0.15) is 5.38 Å². The van der Waals surface area contributed by atoms with E-state index in [-0.39, 0.29) is 5.78 Å². The molecule has 0 heterocycles. The van der Waals surface area contributed by atoms with Gasteiger partial charge in [-0.05, 0) is 5.56 Å². The Bertz CT molecular complexity index is 256. The lowest BCUT2D eigenvalue weighted by atomic mass is 10.1. The van der Waals surface area contributed by atoms with Gasteiger partial charge in [0.05, 0.1) is 0 Å². The van der Waals surface area contributed by atoms with Crippen LogP contribution in [0.4, 0.5) is 0 Å². The van der Waals surface area contributed by atoms with Gasteiger partial charge in [-0.15, -0.1) is 11.6 Å². The van der Waals surface area contributed by atoms with Gasteiger partial charge in [0.15, 0.2) is 5.78 Å². The Morgan fingerprint density at radius 3 is 2.50 bits per heavy atom. The van der Waals surface area contributed by atoms with E-state index in [9.17, 15) is 4.79 Å². The molecule has 1 aromatic carbocycles. The van der Waals surface area contributed by atoms with E-state index in [1.54, 1.807) is 0 Å². The van der Waals surface area contributed by atoms with E-state index in [1.165, 1.54) is 0 Å². The molecule has 0 radical (unpaired) electrons. The van der Waals surface area contributed by atoms with Crippen molar-refractivity contribution in [2.75, 3.05) is 0 Å². The van der Waals surface area contributed by atoms with E-state index >= 15 is 0 Å². The zero-order valence-corrected chi connectivity index (χ0v) is 7.71. The number of carbonyl (C=O) groups excluding carboxylic acids is 1. The maximum absolute atomic E-state index is 11.2. The highest BCUT2D eigenvalue weighted by Crippen LogP contribution is 2.21. The van der Waals surface area contributed by atoms with Crippen LogP contribution in [0.5, 0.6) is 0 Å². The molecule has 1 aromatic rings. The van der Waals surface area contributed by atoms with Gasteiger partial charge >= 0.3 is 0 Å². The lowest BCUT2D eigenvalue weighted by Gasteiger charge is -2.05. The molecule has 0 saturated heterocycles. The predicted molar refractivity (Wildman–Crippen MR) is 50.3 cm³/mol. The minimum Gasteiger partial charge on any atom is -0.298 e. The van der Waals surface area contributed by atoms with Crippen LogP contribution in [0, 0.1) is 0 Å². The van der Waals surface area contributed by atoms with E-state index in [0.29, 0.717) is 6.42 Å². The average Bonchev–Trinajstić information content (AvgIpc) is 2.17. The number of carbonyl (C=O) groups is 1. The SMILES string of the molecule is CCC(=O)C(Cl)c1ccccc1. The number of ketones is 1. The number of halogens is 1. The van der Waals surface area contributed by atoms with Gasteiger partial charge in [-0.3, -0.25) is 4.79 Å². The molecule has 0 aliphatic rings. The van der Waals surface area contributed by atoms with Crippen LogP contribution in [0.15, 0.2) is 30.3 Å². The Labute approximate surface area is 77.4 Å². The molecule has 1 nitrogen and oxygen atoms in total. The molecule has 1 rings (SSSR count). The molecule has 2 heteroatoms. The van der Waals surface area contributed by atoms with Crippen LogP contribution < -0.4 is 0 Å². The van der Waals surface area contributed by atoms with E-state index < -0.39 is 5.38 Å². The van der Waals surface area contributed by atoms with Crippen LogP contribution in [0.25, 0.3) is 0 Å². The van der Waals surface area contributed by atoms with Crippen molar-refractivity contribution in [3.8, 4) is 0 Å². The Balaban J connectivity index is 2.78. The largest absolute Gasteiger partial charge is 0.298 e. The minimum absolute atomic E-state index is 0.0721. The second-order valence-corrected chi connectivity index (χ2v) is 3.03. The van der Waals surface area contributed by atoms with Crippen LogP contribution in [0.2, 0.25) is 0 Å². The Morgan fingerprint density at radius 1 is 1.42 bits per heavy atom. The van der Waals surface area contributed by atoms with Crippen molar-refractivity contribution < 1.29 is 4.79 Å². The highest BCUT2D eigenvalue weighted by Gasteiger charge is 2.14. The fourth-order valence-corrected chi connectivity index (χ4v) is 1.29. The summed E-state index contributed by atoms with van der Waals surface area (Å²) in [5.41, 5.74) is 0.881. The predicted octanol–water partition coefficient (Wildman–Crippen LogP) is 2.95. The molecule has 0 fully saturated rings. The Kier molecular flexibility index (Phi) is 3.30. The molecule has 0 N–H and O–H groups in total. The van der Waals surface area contributed by atoms with Gasteiger partial charge in [0.2, 0.25) is 0 Å². The maximum atomic E-state index is 11.2. The number of benzene rings is 1. The third-order valence-electron chi connectivity index (χ3n) is 1.72. The third kappa shape index (κ3) is 2.08. The molecule has 0 spiro atoms. The summed E-state index contributed by atoms with van der Waals surface area (Å²) in [6, 6.07) is 9.40. The van der Waals surface area contributed by atoms with Gasteiger partial charge in [0, 0.05) is 6.42 Å². The van der Waals surface area contributed by atoms with Gasteiger partial charge in [0.25, 0.3) is 0 Å². The van der Waals surface area contributed by atoms with E-state index in [2.05, 4.69) is 0 Å². The second kappa shape index (κ2) is 4.27. The van der Waals surface area contributed by atoms with Crippen LogP contribution in [-0.4, -0.2) is 5.78 Å². The lowest BCUT2D eigenvalue weighted by Crippen LogP contribution is -2.04. The molecular formula is C10H11ClO. The molecule has 64 valence electrons. The normalized spacial score (nSPS) is 12.5. The molecule has 1 unspecified atom stereocenters. The van der Waals surface area contributed by atoms with E-state index in [0.717, 1.165) is 5.56 Å². The molecule has 0 bridgehead atoms. The summed E-state index contributed by atoms with van der Waals surface area (Å²) in [6.07, 6.45) is 0.489. The molecule has 0 aromatic heterocycles. The Morgan fingerprint density at radius 2 is 2.00 bits per heavy atom. The first-order valence-electron chi connectivity index (χ1n) is 3.97. The third-order valence-corrected chi connectivity index (χ3v) is 2.22. The summed E-state index contributed by atoms with van der Waals surface area (Å²) in [5, 5.41) is -0.476. The molecule has 12 heavy (non-hydrogen) atoms. The van der Waals surface area contributed by atoms with Crippen molar-refractivity contribution >= 4 is 17.4 Å². The van der Waals surface area contributed by atoms with Crippen molar-refractivity contribution in [1.29, 1.82) is 0 Å². The van der Waals surface area contributed by atoms with Gasteiger partial charge in [-0.1, -0.05) is 37.3 Å². The molecular weight excluding hydrogens is 172 g/mol. The number of rotatable bonds is 3. The smallest absolute Gasteiger partial charge is 0.154 e. The van der Waals surface area contributed by atoms with E-state index in [4.69, 9.17) is 11.6 Å². The molecule has 0 amide bonds. The van der Waals surface area contributed by atoms with Crippen molar-refractivity contribution in [2.45, 2.75) is 18.7 Å². The molecule has 0 aliphatic carbocycles. The highest BCUT2D eigenvalue weighted by molar-refractivity contribution is 6.31. The summed E-state index contributed by atoms with van der Waals surface area (Å²) >= 11 is 5.91. The monoisotopic (exact) mass is 182 g/mol. The number of hydrogen-bond donors (Lipinski definition) is 0. The maximum Gasteiger partial charge on any atom is 0.154 e. The van der Waals surface area contributed by atoms with Crippen LogP contribution in [0.3, 0.4) is 0 Å². The van der Waals surface area contributed by atoms with Gasteiger partial charge in [-0.25, -0.2) is 0 Å². The van der Waals surface area contributed by atoms with Crippen LogP contribution >= 0.6 is 11.6 Å². The zero-order chi connectivity index (χ0) is 8.97.